The van der Waals surface area contributed by atoms with E-state index in [9.17, 15) is 18.7 Å². The third-order valence-electron chi connectivity index (χ3n) is 7.73. The van der Waals surface area contributed by atoms with E-state index in [0.29, 0.717) is 24.4 Å². The maximum Gasteiger partial charge on any atom is 0.226 e. The first-order valence-corrected chi connectivity index (χ1v) is 13.2. The number of benzene rings is 1. The summed E-state index contributed by atoms with van der Waals surface area (Å²) >= 11 is 0. The molecule has 1 atom stereocenters. The molecule has 2 aromatic heterocycles. The van der Waals surface area contributed by atoms with Gasteiger partial charge in [0, 0.05) is 50.8 Å². The van der Waals surface area contributed by atoms with Gasteiger partial charge in [-0.15, -0.1) is 0 Å². The number of hydrogen-bond acceptors (Lipinski definition) is 6. The number of likely N-dealkylation sites (tertiary alicyclic amines) is 1. The van der Waals surface area contributed by atoms with Crippen LogP contribution in [0.1, 0.15) is 67.1 Å². The minimum Gasteiger partial charge on any atom is -0.390 e. The maximum absolute atomic E-state index is 14.2. The smallest absolute Gasteiger partial charge is 0.226 e. The number of carbonyl (C=O) groups excluding carboxylic acids is 1. The predicted molar refractivity (Wildman–Crippen MR) is 141 cm³/mol. The Labute approximate surface area is 227 Å². The number of amides is 1. The van der Waals surface area contributed by atoms with Gasteiger partial charge in [-0.25, -0.2) is 8.78 Å². The van der Waals surface area contributed by atoms with Gasteiger partial charge in [-0.2, -0.15) is 0 Å². The lowest BCUT2D eigenvalue weighted by atomic mass is 9.84. The van der Waals surface area contributed by atoms with Gasteiger partial charge in [-0.3, -0.25) is 19.7 Å². The van der Waals surface area contributed by atoms with E-state index in [4.69, 9.17) is 4.74 Å². The fraction of sp³-hybridized carbons (Fsp3) is 0.433. The summed E-state index contributed by atoms with van der Waals surface area (Å²) in [7, 11) is 1.58. The van der Waals surface area contributed by atoms with E-state index in [2.05, 4.69) is 14.9 Å². The zero-order chi connectivity index (χ0) is 27.8. The quantitative estimate of drug-likeness (QED) is 0.480. The summed E-state index contributed by atoms with van der Waals surface area (Å²) in [5.74, 6) is -2.29. The van der Waals surface area contributed by atoms with Gasteiger partial charge in [0.05, 0.1) is 36.0 Å². The Morgan fingerprint density at radius 3 is 2.59 bits per heavy atom. The number of nitrogens with zero attached hydrogens (tertiary/aromatic N) is 4. The molecule has 1 N–H and O–H groups in total. The number of hydrogen-bond donors (Lipinski definition) is 1. The SMILES string of the molecule is CN(C(=O)CC(C)(C)O)[C@@H](c1ccc(F)c(F)c1)c1ccc(CN2CCC3(CC2)OCc2ccncc23)cn1. The zero-order valence-corrected chi connectivity index (χ0v) is 22.5. The van der Waals surface area contributed by atoms with Crippen LogP contribution >= 0.6 is 0 Å². The third kappa shape index (κ3) is 5.85. The molecule has 39 heavy (non-hydrogen) atoms. The fourth-order valence-electron chi connectivity index (χ4n) is 5.60. The Balaban J connectivity index is 1.30. The van der Waals surface area contributed by atoms with Crippen molar-refractivity contribution in [2.75, 3.05) is 20.1 Å². The summed E-state index contributed by atoms with van der Waals surface area (Å²) in [6.07, 6.45) is 7.18. The van der Waals surface area contributed by atoms with Crippen molar-refractivity contribution in [1.82, 2.24) is 19.8 Å². The molecule has 3 aromatic rings. The number of ether oxygens (including phenoxy) is 1. The van der Waals surface area contributed by atoms with Crippen LogP contribution in [0.3, 0.4) is 0 Å². The molecule has 0 unspecified atom stereocenters. The van der Waals surface area contributed by atoms with Crippen LogP contribution in [-0.2, 0) is 28.3 Å². The van der Waals surface area contributed by atoms with Crippen LogP contribution < -0.4 is 0 Å². The van der Waals surface area contributed by atoms with E-state index in [1.165, 1.54) is 22.1 Å². The molecule has 7 nitrogen and oxygen atoms in total. The molecule has 1 spiro atoms. The van der Waals surface area contributed by atoms with Gasteiger partial charge in [0.15, 0.2) is 11.6 Å². The number of halogens is 2. The molecular weight excluding hydrogens is 502 g/mol. The third-order valence-corrected chi connectivity index (χ3v) is 7.73. The monoisotopic (exact) mass is 536 g/mol. The summed E-state index contributed by atoms with van der Waals surface area (Å²) in [6, 6.07) is 8.66. The van der Waals surface area contributed by atoms with Crippen LogP contribution in [-0.4, -0.2) is 56.5 Å². The molecule has 2 aliphatic rings. The molecule has 206 valence electrons. The molecule has 0 bridgehead atoms. The molecule has 9 heteroatoms. The number of rotatable bonds is 7. The number of aromatic nitrogens is 2. The number of aliphatic hydroxyl groups is 1. The first-order valence-electron chi connectivity index (χ1n) is 13.2. The Kier molecular flexibility index (Phi) is 7.50. The summed E-state index contributed by atoms with van der Waals surface area (Å²) in [5, 5.41) is 10.2. The van der Waals surface area contributed by atoms with Crippen LogP contribution in [0.4, 0.5) is 8.78 Å². The standard InChI is InChI=1S/C30H34F2N4O3/c1-29(2,38)15-27(37)35(3)28(21-5-6-24(31)25(32)14-21)26-7-4-20(16-34-26)18-36-12-9-30(10-13-36)23-17-33-11-8-22(23)19-39-30/h4-8,11,14,16-17,28,38H,9-10,12-13,15,18-19H2,1-3H3/t28-/m0/s1. The number of pyridine rings is 2. The summed E-state index contributed by atoms with van der Waals surface area (Å²) < 4.78 is 34.1. The zero-order valence-electron chi connectivity index (χ0n) is 22.5. The van der Waals surface area contributed by atoms with Gasteiger partial charge < -0.3 is 14.7 Å². The average Bonchev–Trinajstić information content (AvgIpc) is 3.26. The van der Waals surface area contributed by atoms with Crippen molar-refractivity contribution >= 4 is 5.91 Å². The van der Waals surface area contributed by atoms with E-state index < -0.39 is 23.3 Å². The lowest BCUT2D eigenvalue weighted by Gasteiger charge is -2.39. The Bertz CT molecular complexity index is 1330. The molecule has 0 aliphatic carbocycles. The maximum atomic E-state index is 14.2. The number of piperidine rings is 1. The predicted octanol–water partition coefficient (Wildman–Crippen LogP) is 4.49. The van der Waals surface area contributed by atoms with Crippen LogP contribution in [0.15, 0.2) is 55.0 Å². The van der Waals surface area contributed by atoms with Crippen molar-refractivity contribution in [2.24, 2.45) is 0 Å². The molecule has 0 radical (unpaired) electrons. The van der Waals surface area contributed by atoms with Crippen molar-refractivity contribution in [3.8, 4) is 0 Å². The molecule has 1 amide bonds. The Morgan fingerprint density at radius 1 is 1.15 bits per heavy atom. The first kappa shape index (κ1) is 27.3. The van der Waals surface area contributed by atoms with Crippen molar-refractivity contribution in [2.45, 2.75) is 63.5 Å². The van der Waals surface area contributed by atoms with Crippen molar-refractivity contribution in [3.63, 3.8) is 0 Å². The van der Waals surface area contributed by atoms with E-state index in [1.54, 1.807) is 27.1 Å². The summed E-state index contributed by atoms with van der Waals surface area (Å²) in [4.78, 5) is 25.7. The normalized spacial score (nSPS) is 17.7. The number of carbonyl (C=O) groups is 1. The minimum absolute atomic E-state index is 0.123. The second-order valence-electron chi connectivity index (χ2n) is 11.3. The van der Waals surface area contributed by atoms with Gasteiger partial charge in [0.25, 0.3) is 0 Å². The minimum atomic E-state index is -1.21. The van der Waals surface area contributed by atoms with Gasteiger partial charge >= 0.3 is 0 Å². The van der Waals surface area contributed by atoms with Gasteiger partial charge in [-0.1, -0.05) is 12.1 Å². The molecule has 1 fully saturated rings. The van der Waals surface area contributed by atoms with Crippen LogP contribution in [0.2, 0.25) is 0 Å². The van der Waals surface area contributed by atoms with E-state index in [-0.39, 0.29) is 17.9 Å². The van der Waals surface area contributed by atoms with E-state index >= 15 is 0 Å². The molecule has 0 saturated carbocycles. The van der Waals surface area contributed by atoms with Crippen LogP contribution in [0, 0.1) is 11.6 Å². The van der Waals surface area contributed by atoms with Crippen molar-refractivity contribution in [1.29, 1.82) is 0 Å². The van der Waals surface area contributed by atoms with Gasteiger partial charge in [-0.05, 0) is 67.6 Å². The first-order chi connectivity index (χ1) is 18.5. The molecule has 5 rings (SSSR count). The fourth-order valence-corrected chi connectivity index (χ4v) is 5.60. The summed E-state index contributed by atoms with van der Waals surface area (Å²) in [6.45, 7) is 6.20. The van der Waals surface area contributed by atoms with E-state index in [0.717, 1.165) is 43.6 Å². The lowest BCUT2D eigenvalue weighted by Crippen LogP contribution is -2.42. The molecule has 2 aliphatic heterocycles. The van der Waals surface area contributed by atoms with Crippen LogP contribution in [0.5, 0.6) is 0 Å². The highest BCUT2D eigenvalue weighted by molar-refractivity contribution is 5.77. The van der Waals surface area contributed by atoms with Gasteiger partial charge in [0.1, 0.15) is 0 Å². The lowest BCUT2D eigenvalue weighted by molar-refractivity contribution is -0.135. The molecule has 4 heterocycles. The molecule has 1 saturated heterocycles. The highest BCUT2D eigenvalue weighted by Crippen LogP contribution is 2.43. The average molecular weight is 537 g/mol. The van der Waals surface area contributed by atoms with Crippen molar-refractivity contribution < 1.29 is 23.4 Å². The Morgan fingerprint density at radius 2 is 1.92 bits per heavy atom. The second kappa shape index (κ2) is 10.7. The van der Waals surface area contributed by atoms with Crippen LogP contribution in [0.25, 0.3) is 0 Å². The highest BCUT2D eigenvalue weighted by Gasteiger charge is 2.42. The Hall–Kier alpha value is -3.27. The summed E-state index contributed by atoms with van der Waals surface area (Å²) in [5.41, 5.74) is 2.91. The van der Waals surface area contributed by atoms with Crippen molar-refractivity contribution in [3.05, 3.63) is 94.6 Å². The van der Waals surface area contributed by atoms with Gasteiger partial charge in [0.2, 0.25) is 5.91 Å². The molecule has 1 aromatic carbocycles. The van der Waals surface area contributed by atoms with E-state index in [1.807, 2.05) is 30.6 Å². The largest absolute Gasteiger partial charge is 0.390 e. The highest BCUT2D eigenvalue weighted by atomic mass is 19.2. The molecular formula is C30H34F2N4O3. The number of fused-ring (bicyclic) bond motifs is 2. The topological polar surface area (TPSA) is 78.8 Å². The second-order valence-corrected chi connectivity index (χ2v) is 11.3.